The highest BCUT2D eigenvalue weighted by atomic mass is 16.6. The van der Waals surface area contributed by atoms with Crippen molar-refractivity contribution in [2.75, 3.05) is 52.4 Å². The molecule has 1 unspecified atom stereocenters. The summed E-state index contributed by atoms with van der Waals surface area (Å²) in [4.78, 5) is 27.1. The number of ether oxygens (including phenoxy) is 4. The maximum atomic E-state index is 12.9. The van der Waals surface area contributed by atoms with Gasteiger partial charge in [-0.15, -0.1) is 0 Å². The number of methoxy groups -OCH3 is 2. The average molecular weight is 486 g/mol. The van der Waals surface area contributed by atoms with E-state index < -0.39 is 11.7 Å². The van der Waals surface area contributed by atoms with E-state index in [2.05, 4.69) is 15.5 Å². The van der Waals surface area contributed by atoms with Crippen molar-refractivity contribution >= 4 is 17.7 Å². The molecule has 0 radical (unpaired) electrons. The molecule has 2 aromatic rings. The highest BCUT2D eigenvalue weighted by molar-refractivity contribution is 5.95. The largest absolute Gasteiger partial charge is 0.493 e. The van der Waals surface area contributed by atoms with E-state index in [4.69, 9.17) is 18.9 Å². The van der Waals surface area contributed by atoms with Gasteiger partial charge in [0.1, 0.15) is 5.60 Å². The van der Waals surface area contributed by atoms with E-state index in [1.165, 1.54) is 0 Å². The molecule has 0 bridgehead atoms. The number of carbonyl (C=O) groups is 2. The van der Waals surface area contributed by atoms with Crippen molar-refractivity contribution < 1.29 is 28.5 Å². The van der Waals surface area contributed by atoms with Crippen LogP contribution in [0.1, 0.15) is 42.7 Å². The van der Waals surface area contributed by atoms with Crippen LogP contribution < -0.4 is 20.1 Å². The van der Waals surface area contributed by atoms with E-state index in [0.717, 1.165) is 18.7 Å². The summed E-state index contributed by atoms with van der Waals surface area (Å²) in [7, 11) is 3.21. The quantitative estimate of drug-likeness (QED) is 0.586. The Morgan fingerprint density at radius 2 is 1.66 bits per heavy atom. The molecule has 3 rings (SSSR count). The first-order valence-electron chi connectivity index (χ1n) is 11.6. The zero-order chi connectivity index (χ0) is 25.4. The molecular weight excluding hydrogens is 450 g/mol. The van der Waals surface area contributed by atoms with Crippen molar-refractivity contribution in [1.29, 1.82) is 0 Å². The Kier molecular flexibility index (Phi) is 8.95. The molecule has 0 aliphatic carbocycles. The molecule has 0 aromatic heterocycles. The Balaban J connectivity index is 1.68. The highest BCUT2D eigenvalue weighted by Gasteiger charge is 2.25. The lowest BCUT2D eigenvalue weighted by Gasteiger charge is -2.35. The lowest BCUT2D eigenvalue weighted by Crippen LogP contribution is -2.43. The van der Waals surface area contributed by atoms with Gasteiger partial charge in [-0.05, 0) is 62.7 Å². The summed E-state index contributed by atoms with van der Waals surface area (Å²) in [5.41, 5.74) is 1.47. The summed E-state index contributed by atoms with van der Waals surface area (Å²) in [5.74, 6) is 1.09. The van der Waals surface area contributed by atoms with Gasteiger partial charge in [0, 0.05) is 30.9 Å². The molecule has 0 saturated carbocycles. The van der Waals surface area contributed by atoms with Crippen LogP contribution in [0.3, 0.4) is 0 Å². The van der Waals surface area contributed by atoms with Gasteiger partial charge in [0.15, 0.2) is 11.5 Å². The molecule has 2 N–H and O–H groups in total. The van der Waals surface area contributed by atoms with Crippen molar-refractivity contribution in [2.45, 2.75) is 32.4 Å². The zero-order valence-electron chi connectivity index (χ0n) is 21.1. The number of morpholine rings is 1. The van der Waals surface area contributed by atoms with Crippen LogP contribution in [0.25, 0.3) is 0 Å². The van der Waals surface area contributed by atoms with Gasteiger partial charge in [0.05, 0.1) is 33.5 Å². The standard InChI is InChI=1S/C26H35N3O6/c1-26(2,3)35-25(31)28-20-9-6-18(7-10-20)24(30)27-17-21(29-12-14-34-15-13-29)19-8-11-22(32-4)23(16-19)33-5/h6-11,16,21H,12-15,17H2,1-5H3,(H,27,30)(H,28,31). The number of hydrogen-bond donors (Lipinski definition) is 2. The second-order valence-electron chi connectivity index (χ2n) is 9.19. The van der Waals surface area contributed by atoms with E-state index in [1.807, 2.05) is 18.2 Å². The number of anilines is 1. The summed E-state index contributed by atoms with van der Waals surface area (Å²) in [5, 5.41) is 5.71. The van der Waals surface area contributed by atoms with Gasteiger partial charge in [-0.3, -0.25) is 15.0 Å². The van der Waals surface area contributed by atoms with Crippen molar-refractivity contribution in [3.63, 3.8) is 0 Å². The van der Waals surface area contributed by atoms with Gasteiger partial charge in [-0.1, -0.05) is 6.07 Å². The Morgan fingerprint density at radius 1 is 1.00 bits per heavy atom. The molecule has 2 amide bonds. The third-order valence-electron chi connectivity index (χ3n) is 5.53. The molecule has 2 aromatic carbocycles. The summed E-state index contributed by atoms with van der Waals surface area (Å²) < 4.78 is 21.6. The molecule has 35 heavy (non-hydrogen) atoms. The van der Waals surface area contributed by atoms with Crippen molar-refractivity contribution in [3.05, 3.63) is 53.6 Å². The number of nitrogens with zero attached hydrogens (tertiary/aromatic N) is 1. The second kappa shape index (κ2) is 11.9. The Bertz CT molecular complexity index is 997. The Labute approximate surface area is 206 Å². The Morgan fingerprint density at radius 3 is 2.26 bits per heavy atom. The Hall–Kier alpha value is -3.30. The molecule has 1 fully saturated rings. The van der Waals surface area contributed by atoms with Crippen LogP contribution in [0.15, 0.2) is 42.5 Å². The van der Waals surface area contributed by atoms with Gasteiger partial charge in [0.25, 0.3) is 5.91 Å². The number of hydrogen-bond acceptors (Lipinski definition) is 7. The summed E-state index contributed by atoms with van der Waals surface area (Å²) in [6.45, 7) is 8.62. The lowest BCUT2D eigenvalue weighted by atomic mass is 10.0. The minimum Gasteiger partial charge on any atom is -0.493 e. The molecule has 1 aliphatic rings. The normalized spacial score (nSPS) is 15.1. The van der Waals surface area contributed by atoms with Crippen LogP contribution in [0.2, 0.25) is 0 Å². The third kappa shape index (κ3) is 7.60. The van der Waals surface area contributed by atoms with E-state index in [1.54, 1.807) is 59.3 Å². The average Bonchev–Trinajstić information content (AvgIpc) is 2.83. The molecular formula is C26H35N3O6. The molecule has 1 heterocycles. The first-order chi connectivity index (χ1) is 16.7. The number of benzene rings is 2. The smallest absolute Gasteiger partial charge is 0.412 e. The third-order valence-corrected chi connectivity index (χ3v) is 5.53. The van der Waals surface area contributed by atoms with Gasteiger partial charge >= 0.3 is 6.09 Å². The van der Waals surface area contributed by atoms with Crippen LogP contribution in [0, 0.1) is 0 Å². The highest BCUT2D eigenvalue weighted by Crippen LogP contribution is 2.32. The molecule has 1 aliphatic heterocycles. The predicted molar refractivity (Wildman–Crippen MR) is 133 cm³/mol. The molecule has 1 atom stereocenters. The lowest BCUT2D eigenvalue weighted by molar-refractivity contribution is 0.0162. The minimum absolute atomic E-state index is 0.0595. The van der Waals surface area contributed by atoms with E-state index in [0.29, 0.717) is 42.5 Å². The summed E-state index contributed by atoms with van der Waals surface area (Å²) in [6, 6.07) is 12.4. The fraction of sp³-hybridized carbons (Fsp3) is 0.462. The topological polar surface area (TPSA) is 98.4 Å². The van der Waals surface area contributed by atoms with E-state index in [9.17, 15) is 9.59 Å². The number of rotatable bonds is 8. The number of carbonyl (C=O) groups excluding carboxylic acids is 2. The van der Waals surface area contributed by atoms with Crippen LogP contribution in [-0.4, -0.2) is 69.6 Å². The van der Waals surface area contributed by atoms with E-state index >= 15 is 0 Å². The second-order valence-corrected chi connectivity index (χ2v) is 9.19. The van der Waals surface area contributed by atoms with Crippen molar-refractivity contribution in [1.82, 2.24) is 10.2 Å². The van der Waals surface area contributed by atoms with Gasteiger partial charge in [-0.2, -0.15) is 0 Å². The van der Waals surface area contributed by atoms with Gasteiger partial charge in [0.2, 0.25) is 0 Å². The fourth-order valence-electron chi connectivity index (χ4n) is 3.82. The molecule has 9 nitrogen and oxygen atoms in total. The first-order valence-corrected chi connectivity index (χ1v) is 11.6. The van der Waals surface area contributed by atoms with Gasteiger partial charge in [-0.25, -0.2) is 4.79 Å². The van der Waals surface area contributed by atoms with E-state index in [-0.39, 0.29) is 11.9 Å². The SMILES string of the molecule is COc1ccc(C(CNC(=O)c2ccc(NC(=O)OC(C)(C)C)cc2)N2CCOCC2)cc1OC. The fourth-order valence-corrected chi connectivity index (χ4v) is 3.82. The number of nitrogens with one attached hydrogen (secondary N) is 2. The molecule has 1 saturated heterocycles. The minimum atomic E-state index is -0.588. The monoisotopic (exact) mass is 485 g/mol. The van der Waals surface area contributed by atoms with Crippen LogP contribution in [-0.2, 0) is 9.47 Å². The molecule has 0 spiro atoms. The summed E-state index contributed by atoms with van der Waals surface area (Å²) >= 11 is 0. The van der Waals surface area contributed by atoms with Crippen molar-refractivity contribution in [3.8, 4) is 11.5 Å². The number of amides is 2. The zero-order valence-corrected chi connectivity index (χ0v) is 21.1. The first kappa shape index (κ1) is 26.3. The van der Waals surface area contributed by atoms with Crippen molar-refractivity contribution in [2.24, 2.45) is 0 Å². The van der Waals surface area contributed by atoms with Crippen LogP contribution in [0.5, 0.6) is 11.5 Å². The van der Waals surface area contributed by atoms with Gasteiger partial charge < -0.3 is 24.3 Å². The predicted octanol–water partition coefficient (Wildman–Crippen LogP) is 3.85. The van der Waals surface area contributed by atoms with Crippen LogP contribution in [0.4, 0.5) is 10.5 Å². The molecule has 9 heteroatoms. The maximum Gasteiger partial charge on any atom is 0.412 e. The van der Waals surface area contributed by atoms with Crippen LogP contribution >= 0.6 is 0 Å². The summed E-state index contributed by atoms with van der Waals surface area (Å²) in [6.07, 6.45) is -0.544. The molecule has 190 valence electrons. The maximum absolute atomic E-state index is 12.9.